The Morgan fingerprint density at radius 3 is 2.78 bits per heavy atom. The van der Waals surface area contributed by atoms with Crippen LogP contribution in [0, 0.1) is 18.3 Å². The lowest BCUT2D eigenvalue weighted by Gasteiger charge is -2.12. The number of nitrogens with zero attached hydrogens (tertiary/aromatic N) is 1. The molecule has 0 fully saturated rings. The van der Waals surface area contributed by atoms with Crippen LogP contribution in [0.5, 0.6) is 5.75 Å². The molecule has 36 heavy (non-hydrogen) atoms. The summed E-state index contributed by atoms with van der Waals surface area (Å²) in [5.41, 5.74) is 6.97. The molecule has 1 aliphatic carbocycles. The fraction of sp³-hybridized carbons (Fsp3) is 0.241. The van der Waals surface area contributed by atoms with Gasteiger partial charge in [0, 0.05) is 17.0 Å². The molecule has 0 saturated heterocycles. The Labute approximate surface area is 208 Å². The van der Waals surface area contributed by atoms with Crippen LogP contribution < -0.4 is 10.1 Å². The number of rotatable bonds is 8. The van der Waals surface area contributed by atoms with E-state index in [-0.39, 0.29) is 25.8 Å². The van der Waals surface area contributed by atoms with Crippen molar-refractivity contribution < 1.29 is 24.2 Å². The number of nitriles is 1. The minimum absolute atomic E-state index is 0.0464. The van der Waals surface area contributed by atoms with E-state index in [1.807, 2.05) is 61.5 Å². The molecule has 1 unspecified atom stereocenters. The van der Waals surface area contributed by atoms with Crippen molar-refractivity contribution in [1.29, 1.82) is 5.26 Å². The Bertz CT molecular complexity index is 1500. The van der Waals surface area contributed by atoms with Gasteiger partial charge in [0.1, 0.15) is 24.2 Å². The van der Waals surface area contributed by atoms with Gasteiger partial charge in [0.15, 0.2) is 5.58 Å². The average molecular weight is 483 g/mol. The molecule has 3 aromatic carbocycles. The second-order valence-electron chi connectivity index (χ2n) is 8.90. The van der Waals surface area contributed by atoms with Gasteiger partial charge in [-0.25, -0.2) is 0 Å². The molecule has 0 bridgehead atoms. The lowest BCUT2D eigenvalue weighted by atomic mass is 9.95. The zero-order valence-corrected chi connectivity index (χ0v) is 19.9. The summed E-state index contributed by atoms with van der Waals surface area (Å²) in [5.74, 6) is 0.457. The fourth-order valence-electron chi connectivity index (χ4n) is 5.07. The molecule has 0 spiro atoms. The van der Waals surface area contributed by atoms with Gasteiger partial charge in [-0.1, -0.05) is 30.3 Å². The van der Waals surface area contributed by atoms with E-state index in [2.05, 4.69) is 11.4 Å². The van der Waals surface area contributed by atoms with Crippen molar-refractivity contribution in [1.82, 2.24) is 5.32 Å². The van der Waals surface area contributed by atoms with E-state index >= 15 is 0 Å². The average Bonchev–Trinajstić information content (AvgIpc) is 3.49. The molecule has 1 aromatic heterocycles. The highest BCUT2D eigenvalue weighted by molar-refractivity contribution is 5.91. The quantitative estimate of drug-likeness (QED) is 0.324. The first kappa shape index (κ1) is 23.6. The van der Waals surface area contributed by atoms with E-state index in [0.29, 0.717) is 29.1 Å². The number of ether oxygens (including phenoxy) is 1. The number of furan rings is 1. The number of aliphatic hydroxyl groups excluding tert-OH is 1. The van der Waals surface area contributed by atoms with Crippen LogP contribution in [0.3, 0.4) is 0 Å². The van der Waals surface area contributed by atoms with Gasteiger partial charge in [0.25, 0.3) is 0 Å². The van der Waals surface area contributed by atoms with Crippen LogP contribution in [0.15, 0.2) is 59.0 Å². The number of fused-ring (bicyclic) bond motifs is 2. The van der Waals surface area contributed by atoms with Gasteiger partial charge < -0.3 is 24.7 Å². The van der Waals surface area contributed by atoms with Crippen LogP contribution in [-0.4, -0.2) is 35.9 Å². The first-order valence-electron chi connectivity index (χ1n) is 11.9. The third-order valence-corrected chi connectivity index (χ3v) is 6.72. The number of carboxylic acids is 1. The van der Waals surface area contributed by atoms with E-state index in [4.69, 9.17) is 19.4 Å². The van der Waals surface area contributed by atoms with Crippen LogP contribution >= 0.6 is 0 Å². The van der Waals surface area contributed by atoms with Crippen molar-refractivity contribution in [3.8, 4) is 34.3 Å². The second-order valence-corrected chi connectivity index (χ2v) is 8.90. The third-order valence-electron chi connectivity index (χ3n) is 6.72. The summed E-state index contributed by atoms with van der Waals surface area (Å²) < 4.78 is 11.9. The number of aliphatic carboxylic acids is 1. The summed E-state index contributed by atoms with van der Waals surface area (Å²) in [6.45, 7) is 2.10. The van der Waals surface area contributed by atoms with Gasteiger partial charge in [0.2, 0.25) is 0 Å². The van der Waals surface area contributed by atoms with E-state index in [9.17, 15) is 10.1 Å². The maximum atomic E-state index is 11.0. The SMILES string of the molecule is Cc1c(-c2cccc(OCCO)c2)cccc1-c1cc2cc3c(c(C#N)c2o1)CCC3NCC(=O)O. The number of aliphatic hydroxyl groups is 1. The predicted octanol–water partition coefficient (Wildman–Crippen LogP) is 4.98. The smallest absolute Gasteiger partial charge is 0.317 e. The first-order chi connectivity index (χ1) is 17.5. The summed E-state index contributed by atoms with van der Waals surface area (Å²) >= 11 is 0. The molecule has 3 N–H and O–H groups in total. The first-order valence-corrected chi connectivity index (χ1v) is 11.9. The molecule has 1 heterocycles. The highest BCUT2D eigenvalue weighted by Crippen LogP contribution is 2.41. The van der Waals surface area contributed by atoms with Crippen molar-refractivity contribution in [3.63, 3.8) is 0 Å². The summed E-state index contributed by atoms with van der Waals surface area (Å²) in [5, 5.41) is 32.0. The van der Waals surface area contributed by atoms with E-state index in [0.717, 1.165) is 45.2 Å². The van der Waals surface area contributed by atoms with Crippen LogP contribution in [0.1, 0.15) is 34.7 Å². The van der Waals surface area contributed by atoms with Crippen molar-refractivity contribution in [2.45, 2.75) is 25.8 Å². The minimum atomic E-state index is -0.906. The van der Waals surface area contributed by atoms with Crippen molar-refractivity contribution in [2.24, 2.45) is 0 Å². The maximum absolute atomic E-state index is 11.0. The summed E-state index contributed by atoms with van der Waals surface area (Å²) in [6, 6.07) is 20.0. The highest BCUT2D eigenvalue weighted by Gasteiger charge is 2.28. The molecule has 0 amide bonds. The maximum Gasteiger partial charge on any atom is 0.317 e. The Balaban J connectivity index is 1.55. The number of hydrogen-bond acceptors (Lipinski definition) is 6. The Morgan fingerprint density at radius 2 is 2.00 bits per heavy atom. The van der Waals surface area contributed by atoms with Crippen LogP contribution in [0.2, 0.25) is 0 Å². The number of carboxylic acid groups (broad SMARTS) is 1. The lowest BCUT2D eigenvalue weighted by Crippen LogP contribution is -2.26. The summed E-state index contributed by atoms with van der Waals surface area (Å²) in [7, 11) is 0. The molecule has 0 saturated carbocycles. The Kier molecular flexibility index (Phi) is 6.47. The normalized spacial score (nSPS) is 14.5. The van der Waals surface area contributed by atoms with E-state index in [1.54, 1.807) is 0 Å². The van der Waals surface area contributed by atoms with Gasteiger partial charge in [0.05, 0.1) is 18.7 Å². The largest absolute Gasteiger partial charge is 0.491 e. The summed E-state index contributed by atoms with van der Waals surface area (Å²) in [4.78, 5) is 11.0. The molecule has 0 aliphatic heterocycles. The van der Waals surface area contributed by atoms with Crippen LogP contribution in [-0.2, 0) is 11.2 Å². The molecule has 7 nitrogen and oxygen atoms in total. The van der Waals surface area contributed by atoms with Gasteiger partial charge in [-0.3, -0.25) is 4.79 Å². The lowest BCUT2D eigenvalue weighted by molar-refractivity contribution is -0.136. The Morgan fingerprint density at radius 1 is 1.19 bits per heavy atom. The molecule has 182 valence electrons. The van der Waals surface area contributed by atoms with Gasteiger partial charge >= 0.3 is 5.97 Å². The van der Waals surface area contributed by atoms with Gasteiger partial charge in [-0.15, -0.1) is 0 Å². The van der Waals surface area contributed by atoms with Crippen molar-refractivity contribution in [3.05, 3.63) is 76.9 Å². The number of benzene rings is 3. The fourth-order valence-corrected chi connectivity index (χ4v) is 5.07. The molecule has 7 heteroatoms. The predicted molar refractivity (Wildman–Crippen MR) is 136 cm³/mol. The molecule has 5 rings (SSSR count). The van der Waals surface area contributed by atoms with Crippen LogP contribution in [0.4, 0.5) is 0 Å². The third kappa shape index (κ3) is 4.33. The standard InChI is InChI=1S/C29H26N2O5/c1-17-21(18-4-2-5-20(12-18)35-11-10-32)6-3-7-22(17)27-14-19-13-24-23(25(15-30)29(19)36-27)8-9-26(24)31-16-28(33)34/h2-7,12-14,26,31-32H,8-11,16H2,1H3,(H,33,34). The second kappa shape index (κ2) is 9.86. The topological polar surface area (TPSA) is 116 Å². The highest BCUT2D eigenvalue weighted by atomic mass is 16.5. The van der Waals surface area contributed by atoms with Gasteiger partial charge in [-0.05, 0) is 71.8 Å². The summed E-state index contributed by atoms with van der Waals surface area (Å²) in [6.07, 6.45) is 1.45. The zero-order valence-electron chi connectivity index (χ0n) is 19.9. The van der Waals surface area contributed by atoms with E-state index in [1.165, 1.54) is 0 Å². The van der Waals surface area contributed by atoms with Crippen molar-refractivity contribution in [2.75, 3.05) is 19.8 Å². The number of hydrogen-bond donors (Lipinski definition) is 3. The molecule has 0 radical (unpaired) electrons. The van der Waals surface area contributed by atoms with Gasteiger partial charge in [-0.2, -0.15) is 5.26 Å². The minimum Gasteiger partial charge on any atom is -0.491 e. The molecule has 1 aliphatic rings. The molecular formula is C29H26N2O5. The molecule has 4 aromatic rings. The molecular weight excluding hydrogens is 456 g/mol. The Hall–Kier alpha value is -4.12. The monoisotopic (exact) mass is 482 g/mol. The molecule has 1 atom stereocenters. The van der Waals surface area contributed by atoms with Crippen molar-refractivity contribution >= 4 is 16.9 Å². The van der Waals surface area contributed by atoms with Crippen LogP contribution in [0.25, 0.3) is 33.4 Å². The zero-order chi connectivity index (χ0) is 25.2. The number of carbonyl (C=O) groups is 1. The van der Waals surface area contributed by atoms with E-state index < -0.39 is 5.97 Å². The number of nitrogens with one attached hydrogen (secondary N) is 1.